The summed E-state index contributed by atoms with van der Waals surface area (Å²) < 4.78 is 17.5. The van der Waals surface area contributed by atoms with Gasteiger partial charge in [0.25, 0.3) is 0 Å². The summed E-state index contributed by atoms with van der Waals surface area (Å²) in [6.45, 7) is 11.7. The highest BCUT2D eigenvalue weighted by Gasteiger charge is 2.20. The summed E-state index contributed by atoms with van der Waals surface area (Å²) in [5.74, 6) is -0.595. The Balaban J connectivity index is 1.82. The van der Waals surface area contributed by atoms with Crippen LogP contribution in [-0.4, -0.2) is 29.5 Å². The van der Waals surface area contributed by atoms with Gasteiger partial charge in [-0.1, -0.05) is 19.2 Å². The normalized spacial score (nSPS) is 12.7. The molecule has 0 amide bonds. The molecule has 8 heteroatoms. The van der Waals surface area contributed by atoms with Crippen LogP contribution in [0.1, 0.15) is 23.9 Å². The van der Waals surface area contributed by atoms with E-state index in [2.05, 4.69) is 38.1 Å². The van der Waals surface area contributed by atoms with E-state index in [1.807, 2.05) is 23.8 Å². The first-order chi connectivity index (χ1) is 15.4. The van der Waals surface area contributed by atoms with Crippen molar-refractivity contribution < 1.29 is 4.39 Å². The Bertz CT molecular complexity index is 1390. The lowest BCUT2D eigenvalue weighted by Gasteiger charge is -2.14. The summed E-state index contributed by atoms with van der Waals surface area (Å²) in [5, 5.41) is 0.891. The van der Waals surface area contributed by atoms with Crippen LogP contribution >= 0.6 is 0 Å². The third-order valence-corrected chi connectivity index (χ3v) is 5.13. The molecule has 0 unspecified atom stereocenters. The van der Waals surface area contributed by atoms with Crippen molar-refractivity contribution in [3.8, 4) is 5.69 Å². The fourth-order valence-corrected chi connectivity index (χ4v) is 3.40. The number of pyridine rings is 1. The molecule has 0 fully saturated rings. The minimum atomic E-state index is -0.595. The molecule has 0 atom stereocenters. The zero-order chi connectivity index (χ0) is 22.8. The molecule has 0 aromatic carbocycles. The zero-order valence-electron chi connectivity index (χ0n) is 17.8. The summed E-state index contributed by atoms with van der Waals surface area (Å²) in [4.78, 5) is 19.7. The highest BCUT2D eigenvalue weighted by molar-refractivity contribution is 5.95. The van der Waals surface area contributed by atoms with Crippen LogP contribution in [0.3, 0.4) is 0 Å². The number of fused-ring (bicyclic) bond motifs is 1. The lowest BCUT2D eigenvalue weighted by Crippen LogP contribution is -2.06. The Morgan fingerprint density at radius 2 is 1.88 bits per heavy atom. The number of nitrogens with zero attached hydrogens (tertiary/aromatic N) is 5. The topological polar surface area (TPSA) is 98.3 Å². The molecule has 0 aliphatic rings. The maximum atomic E-state index is 15.6. The first-order valence-electron chi connectivity index (χ1n) is 9.84. The quantitative estimate of drug-likeness (QED) is 0.436. The van der Waals surface area contributed by atoms with E-state index in [1.54, 1.807) is 31.7 Å². The zero-order valence-corrected chi connectivity index (χ0v) is 17.8. The van der Waals surface area contributed by atoms with E-state index in [9.17, 15) is 0 Å². The molecule has 0 aliphatic carbocycles. The predicted octanol–water partition coefficient (Wildman–Crippen LogP) is 4.66. The molecule has 4 aromatic rings. The smallest absolute Gasteiger partial charge is 0.140 e. The maximum Gasteiger partial charge on any atom is 0.140 e. The maximum absolute atomic E-state index is 15.6. The molecule has 0 saturated carbocycles. The number of aromatic amines is 1. The summed E-state index contributed by atoms with van der Waals surface area (Å²) in [5.41, 5.74) is 10.7. The van der Waals surface area contributed by atoms with E-state index in [1.165, 1.54) is 18.7 Å². The number of aromatic nitrogens is 6. The van der Waals surface area contributed by atoms with Gasteiger partial charge < -0.3 is 15.3 Å². The Kier molecular flexibility index (Phi) is 5.51. The molecule has 0 saturated heterocycles. The number of allylic oxidation sites excluding steroid dienone is 4. The van der Waals surface area contributed by atoms with E-state index < -0.39 is 5.83 Å². The van der Waals surface area contributed by atoms with Gasteiger partial charge in [-0.05, 0) is 19.9 Å². The highest BCUT2D eigenvalue weighted by atomic mass is 19.1. The van der Waals surface area contributed by atoms with Crippen molar-refractivity contribution in [3.63, 3.8) is 0 Å². The van der Waals surface area contributed by atoms with Crippen LogP contribution in [0.5, 0.6) is 0 Å². The van der Waals surface area contributed by atoms with Gasteiger partial charge in [0.2, 0.25) is 0 Å². The lowest BCUT2D eigenvalue weighted by molar-refractivity contribution is 0.667. The average molecular weight is 427 g/mol. The monoisotopic (exact) mass is 427 g/mol. The van der Waals surface area contributed by atoms with Crippen LogP contribution in [0.25, 0.3) is 27.7 Å². The van der Waals surface area contributed by atoms with Crippen molar-refractivity contribution in [1.82, 2.24) is 29.5 Å². The molecule has 7 nitrogen and oxygen atoms in total. The van der Waals surface area contributed by atoms with Gasteiger partial charge in [-0.2, -0.15) is 0 Å². The SMILES string of the molecule is C=C(/C(F)=C(C(=C)c1cc2c(-n3cnc(C)c3)cncc2[nH]1)\C(N)=C/C)c1cncnc1. The van der Waals surface area contributed by atoms with E-state index in [0.29, 0.717) is 16.8 Å². The van der Waals surface area contributed by atoms with Gasteiger partial charge in [0.05, 0.1) is 35.6 Å². The summed E-state index contributed by atoms with van der Waals surface area (Å²) in [7, 11) is 0. The Morgan fingerprint density at radius 3 is 2.53 bits per heavy atom. The predicted molar refractivity (Wildman–Crippen MR) is 124 cm³/mol. The Morgan fingerprint density at radius 1 is 1.12 bits per heavy atom. The number of rotatable bonds is 6. The number of imidazole rings is 1. The van der Waals surface area contributed by atoms with Crippen molar-refractivity contribution in [2.75, 3.05) is 0 Å². The van der Waals surface area contributed by atoms with Crippen LogP contribution in [0, 0.1) is 6.92 Å². The summed E-state index contributed by atoms with van der Waals surface area (Å²) in [6, 6.07) is 1.90. The van der Waals surface area contributed by atoms with Crippen molar-refractivity contribution in [3.05, 3.63) is 103 Å². The molecule has 0 bridgehead atoms. The van der Waals surface area contributed by atoms with Crippen molar-refractivity contribution in [2.45, 2.75) is 13.8 Å². The van der Waals surface area contributed by atoms with Gasteiger partial charge >= 0.3 is 0 Å². The standard InChI is InChI=1S/C24H22FN7/c1-5-19(26)23(24(25)15(3)17-7-28-12-29-8-17)16(4)20-6-18-21(31-20)9-27-10-22(18)32-11-14(2)30-13-32/h5-13,31H,3-4,26H2,1-2H3/b19-5+,24-23+. The average Bonchev–Trinajstić information content (AvgIpc) is 3.45. The Hall–Kier alpha value is -4.33. The number of aryl methyl sites for hydroxylation is 1. The fraction of sp³-hybridized carbons (Fsp3) is 0.0833. The van der Waals surface area contributed by atoms with Gasteiger partial charge in [0.15, 0.2) is 0 Å². The van der Waals surface area contributed by atoms with E-state index in [-0.39, 0.29) is 16.8 Å². The van der Waals surface area contributed by atoms with Gasteiger partial charge in [-0.3, -0.25) is 4.98 Å². The highest BCUT2D eigenvalue weighted by Crippen LogP contribution is 2.35. The number of hydrogen-bond acceptors (Lipinski definition) is 5. The molecule has 4 heterocycles. The fourth-order valence-electron chi connectivity index (χ4n) is 3.40. The molecule has 160 valence electrons. The molecular formula is C24H22FN7. The minimum absolute atomic E-state index is 0.124. The van der Waals surface area contributed by atoms with Crippen molar-refractivity contribution >= 4 is 22.0 Å². The minimum Gasteiger partial charge on any atom is -0.398 e. The van der Waals surface area contributed by atoms with Crippen LogP contribution in [0.2, 0.25) is 0 Å². The van der Waals surface area contributed by atoms with Crippen LogP contribution in [0.15, 0.2) is 86.0 Å². The molecule has 4 aromatic heterocycles. The first kappa shape index (κ1) is 20.9. The number of nitrogens with one attached hydrogen (secondary N) is 1. The molecule has 0 radical (unpaired) electrons. The number of H-pyrrole nitrogens is 1. The van der Waals surface area contributed by atoms with Gasteiger partial charge in [0, 0.05) is 57.7 Å². The second kappa shape index (κ2) is 8.43. The molecule has 0 aliphatic heterocycles. The molecule has 32 heavy (non-hydrogen) atoms. The molecule has 4 rings (SSSR count). The first-order valence-corrected chi connectivity index (χ1v) is 9.84. The van der Waals surface area contributed by atoms with Crippen LogP contribution in [0.4, 0.5) is 4.39 Å². The summed E-state index contributed by atoms with van der Waals surface area (Å²) in [6.07, 6.45) is 13.1. The largest absolute Gasteiger partial charge is 0.398 e. The van der Waals surface area contributed by atoms with Crippen LogP contribution < -0.4 is 5.73 Å². The molecule has 3 N–H and O–H groups in total. The molecule has 0 spiro atoms. The number of hydrogen-bond donors (Lipinski definition) is 2. The molecular weight excluding hydrogens is 405 g/mol. The van der Waals surface area contributed by atoms with E-state index >= 15 is 4.39 Å². The van der Waals surface area contributed by atoms with E-state index in [4.69, 9.17) is 5.73 Å². The third-order valence-electron chi connectivity index (χ3n) is 5.13. The second-order valence-corrected chi connectivity index (χ2v) is 7.24. The number of halogens is 1. The van der Waals surface area contributed by atoms with Gasteiger partial charge in [0.1, 0.15) is 12.2 Å². The third kappa shape index (κ3) is 3.74. The van der Waals surface area contributed by atoms with Gasteiger partial charge in [-0.15, -0.1) is 0 Å². The summed E-state index contributed by atoms with van der Waals surface area (Å²) >= 11 is 0. The Labute approximate surface area is 184 Å². The van der Waals surface area contributed by atoms with E-state index in [0.717, 1.165) is 22.3 Å². The van der Waals surface area contributed by atoms with Crippen LogP contribution in [-0.2, 0) is 0 Å². The number of nitrogens with two attached hydrogens (primary N) is 1. The second-order valence-electron chi connectivity index (χ2n) is 7.24. The van der Waals surface area contributed by atoms with Crippen molar-refractivity contribution in [1.29, 1.82) is 0 Å². The van der Waals surface area contributed by atoms with Gasteiger partial charge in [-0.25, -0.2) is 19.3 Å². The van der Waals surface area contributed by atoms with Crippen molar-refractivity contribution in [2.24, 2.45) is 5.73 Å². The lowest BCUT2D eigenvalue weighted by atomic mass is 9.96.